The van der Waals surface area contributed by atoms with Crippen molar-refractivity contribution < 1.29 is 13.6 Å². The minimum absolute atomic E-state index is 0.0404. The van der Waals surface area contributed by atoms with E-state index in [1.165, 1.54) is 40.5 Å². The zero-order chi connectivity index (χ0) is 18.0. The second-order valence-corrected chi connectivity index (χ2v) is 5.38. The second kappa shape index (κ2) is 6.71. The number of nitrogens with zero attached hydrogens (tertiary/aromatic N) is 4. The van der Waals surface area contributed by atoms with Crippen molar-refractivity contribution in [3.05, 3.63) is 59.7 Å². The van der Waals surface area contributed by atoms with Crippen LogP contribution in [0.25, 0.3) is 0 Å². The Morgan fingerprint density at radius 3 is 2.76 bits per heavy atom. The van der Waals surface area contributed by atoms with E-state index in [2.05, 4.69) is 9.97 Å². The molecule has 1 aliphatic heterocycles. The first-order valence-electron chi connectivity index (χ1n) is 7.42. The molecule has 1 aliphatic rings. The lowest BCUT2D eigenvalue weighted by molar-refractivity contribution is -0.126. The van der Waals surface area contributed by atoms with E-state index in [4.69, 9.17) is 10.8 Å². The quantitative estimate of drug-likeness (QED) is 0.650. The summed E-state index contributed by atoms with van der Waals surface area (Å²) >= 11 is 0. The van der Waals surface area contributed by atoms with Gasteiger partial charge in [0, 0.05) is 37.6 Å². The number of hydrogen-bond acceptors (Lipinski definition) is 5. The van der Waals surface area contributed by atoms with Gasteiger partial charge in [0.25, 0.3) is 5.91 Å². The molecule has 1 amide bonds. The highest BCUT2D eigenvalue weighted by Crippen LogP contribution is 2.17. The maximum Gasteiger partial charge on any atom is 0.289 e. The molecular formula is C16H14F2N6O. The Balaban J connectivity index is 1.75. The van der Waals surface area contributed by atoms with Gasteiger partial charge in [0.2, 0.25) is 0 Å². The van der Waals surface area contributed by atoms with E-state index in [1.54, 1.807) is 0 Å². The molecule has 3 rings (SSSR count). The zero-order valence-corrected chi connectivity index (χ0v) is 13.0. The van der Waals surface area contributed by atoms with E-state index in [1.807, 2.05) is 0 Å². The largest absolute Gasteiger partial charge is 0.330 e. The summed E-state index contributed by atoms with van der Waals surface area (Å²) in [5, 5.41) is 16.1. The van der Waals surface area contributed by atoms with Gasteiger partial charge in [-0.15, -0.1) is 0 Å². The summed E-state index contributed by atoms with van der Waals surface area (Å²) in [6, 6.07) is 3.76. The number of hydrogen-bond donors (Lipinski definition) is 2. The lowest BCUT2D eigenvalue weighted by Gasteiger charge is -2.35. The highest BCUT2D eigenvalue weighted by molar-refractivity contribution is 6.40. The highest BCUT2D eigenvalue weighted by Gasteiger charge is 2.32. The Labute approximate surface area is 141 Å². The van der Waals surface area contributed by atoms with Gasteiger partial charge in [-0.25, -0.2) is 13.8 Å². The summed E-state index contributed by atoms with van der Waals surface area (Å²) in [6.07, 6.45) is 4.24. The molecule has 25 heavy (non-hydrogen) atoms. The van der Waals surface area contributed by atoms with E-state index in [-0.39, 0.29) is 36.7 Å². The minimum Gasteiger partial charge on any atom is -0.330 e. The number of nitrogens with one attached hydrogen (secondary N) is 2. The van der Waals surface area contributed by atoms with Gasteiger partial charge in [-0.1, -0.05) is 12.1 Å². The van der Waals surface area contributed by atoms with Crippen LogP contribution < -0.4 is 0 Å². The normalized spacial score (nSPS) is 14.8. The molecule has 1 saturated heterocycles. The Kier molecular flexibility index (Phi) is 4.46. The van der Waals surface area contributed by atoms with Crippen LogP contribution in [0.15, 0.2) is 36.8 Å². The highest BCUT2D eigenvalue weighted by atomic mass is 19.2. The first-order chi connectivity index (χ1) is 12.0. The molecule has 2 heterocycles. The number of halogens is 2. The van der Waals surface area contributed by atoms with Crippen molar-refractivity contribution in [1.82, 2.24) is 19.8 Å². The average Bonchev–Trinajstić information content (AvgIpc) is 2.63. The molecule has 0 atom stereocenters. The molecule has 0 spiro atoms. The predicted octanol–water partition coefficient (Wildman–Crippen LogP) is 1.40. The summed E-state index contributed by atoms with van der Waals surface area (Å²) in [4.78, 5) is 22.7. The van der Waals surface area contributed by atoms with Crippen LogP contribution in [-0.2, 0) is 11.3 Å². The van der Waals surface area contributed by atoms with Gasteiger partial charge in [-0.3, -0.25) is 20.6 Å². The van der Waals surface area contributed by atoms with Crippen LogP contribution in [0.2, 0.25) is 0 Å². The Morgan fingerprint density at radius 2 is 2.04 bits per heavy atom. The smallest absolute Gasteiger partial charge is 0.289 e. The summed E-state index contributed by atoms with van der Waals surface area (Å²) < 4.78 is 27.1. The molecule has 0 radical (unpaired) electrons. The Morgan fingerprint density at radius 1 is 1.24 bits per heavy atom. The van der Waals surface area contributed by atoms with Crippen molar-refractivity contribution in [3.63, 3.8) is 0 Å². The van der Waals surface area contributed by atoms with Crippen molar-refractivity contribution in [1.29, 1.82) is 10.8 Å². The lowest BCUT2D eigenvalue weighted by Crippen LogP contribution is -2.55. The van der Waals surface area contributed by atoms with Crippen LogP contribution >= 0.6 is 0 Å². The molecule has 1 aromatic heterocycles. The maximum absolute atomic E-state index is 13.8. The first-order valence-corrected chi connectivity index (χ1v) is 7.42. The maximum atomic E-state index is 13.8. The predicted molar refractivity (Wildman–Crippen MR) is 85.1 cm³/mol. The molecule has 0 bridgehead atoms. The van der Waals surface area contributed by atoms with Gasteiger partial charge in [0.05, 0.1) is 6.20 Å². The number of benzene rings is 1. The fourth-order valence-corrected chi connectivity index (χ4v) is 2.51. The standard InChI is InChI=1S/C16H14F2N6O/c17-11-3-1-2-10(13(11)18)9-23-6-7-24(15(20)16(23)25)14(19)12-8-21-4-5-22-12/h1-5,8,19-20H,6-7,9H2. The van der Waals surface area contributed by atoms with Gasteiger partial charge in [0.1, 0.15) is 5.69 Å². The van der Waals surface area contributed by atoms with Gasteiger partial charge in [-0.05, 0) is 6.07 Å². The van der Waals surface area contributed by atoms with Gasteiger partial charge >= 0.3 is 0 Å². The fraction of sp³-hybridized carbons (Fsp3) is 0.188. The molecule has 1 fully saturated rings. The summed E-state index contributed by atoms with van der Waals surface area (Å²) in [7, 11) is 0. The van der Waals surface area contributed by atoms with E-state index in [0.29, 0.717) is 0 Å². The first kappa shape index (κ1) is 16.6. The van der Waals surface area contributed by atoms with Crippen molar-refractivity contribution in [2.45, 2.75) is 6.54 Å². The SMILES string of the molecule is N=C1C(=O)N(Cc2cccc(F)c2F)CCN1C(=N)c1cnccn1. The molecule has 0 saturated carbocycles. The number of amidine groups is 2. The fourth-order valence-electron chi connectivity index (χ4n) is 2.51. The third-order valence-corrected chi connectivity index (χ3v) is 3.82. The van der Waals surface area contributed by atoms with E-state index in [0.717, 1.165) is 6.07 Å². The molecular weight excluding hydrogens is 330 g/mol. The zero-order valence-electron chi connectivity index (χ0n) is 13.0. The number of rotatable bonds is 3. The molecule has 2 aromatic rings. The van der Waals surface area contributed by atoms with Crippen molar-refractivity contribution in [3.8, 4) is 0 Å². The average molecular weight is 344 g/mol. The number of carbonyl (C=O) groups excluding carboxylic acids is 1. The molecule has 9 heteroatoms. The van der Waals surface area contributed by atoms with E-state index < -0.39 is 23.4 Å². The van der Waals surface area contributed by atoms with Crippen LogP contribution in [0.1, 0.15) is 11.3 Å². The Bertz CT molecular complexity index is 842. The number of amides is 1. The Hall–Kier alpha value is -3.23. The minimum atomic E-state index is -1.00. The van der Waals surface area contributed by atoms with Crippen molar-refractivity contribution >= 4 is 17.6 Å². The number of carbonyl (C=O) groups is 1. The van der Waals surface area contributed by atoms with Crippen LogP contribution in [0.5, 0.6) is 0 Å². The molecule has 2 N–H and O–H groups in total. The third kappa shape index (κ3) is 3.21. The second-order valence-electron chi connectivity index (χ2n) is 5.38. The summed E-state index contributed by atoms with van der Waals surface area (Å²) in [5.41, 5.74) is 0.281. The van der Waals surface area contributed by atoms with Gasteiger partial charge < -0.3 is 9.80 Å². The van der Waals surface area contributed by atoms with Crippen LogP contribution in [0.3, 0.4) is 0 Å². The van der Waals surface area contributed by atoms with E-state index in [9.17, 15) is 13.6 Å². The third-order valence-electron chi connectivity index (χ3n) is 3.82. The van der Waals surface area contributed by atoms with E-state index >= 15 is 0 Å². The molecule has 0 unspecified atom stereocenters. The number of aromatic nitrogens is 2. The number of piperazine rings is 1. The molecule has 128 valence electrons. The summed E-state index contributed by atoms with van der Waals surface area (Å²) in [5.74, 6) is -3.18. The monoisotopic (exact) mass is 344 g/mol. The van der Waals surface area contributed by atoms with Gasteiger partial charge in [0.15, 0.2) is 23.3 Å². The molecule has 7 nitrogen and oxygen atoms in total. The molecule has 0 aliphatic carbocycles. The topological polar surface area (TPSA) is 97.0 Å². The van der Waals surface area contributed by atoms with Gasteiger partial charge in [-0.2, -0.15) is 0 Å². The van der Waals surface area contributed by atoms with Crippen LogP contribution in [0.4, 0.5) is 8.78 Å². The van der Waals surface area contributed by atoms with Crippen LogP contribution in [-0.4, -0.2) is 50.4 Å². The van der Waals surface area contributed by atoms with Crippen molar-refractivity contribution in [2.24, 2.45) is 0 Å². The summed E-state index contributed by atoms with van der Waals surface area (Å²) in [6.45, 7) is 0.202. The lowest BCUT2D eigenvalue weighted by atomic mass is 10.1. The van der Waals surface area contributed by atoms with Crippen LogP contribution in [0, 0.1) is 22.5 Å². The van der Waals surface area contributed by atoms with Crippen molar-refractivity contribution in [2.75, 3.05) is 13.1 Å². The molecule has 1 aromatic carbocycles.